The Hall–Kier alpha value is -0.761. The molecule has 23 heavy (non-hydrogen) atoms. The monoisotopic (exact) mass is 455 g/mol. The van der Waals surface area contributed by atoms with E-state index < -0.39 is 53.0 Å². The summed E-state index contributed by atoms with van der Waals surface area (Å²) in [5, 5.41) is 40.5. The van der Waals surface area contributed by atoms with E-state index in [9.17, 15) is 16.8 Å². The predicted octanol–water partition coefficient (Wildman–Crippen LogP) is -5.75. The van der Waals surface area contributed by atoms with Gasteiger partial charge in [-0.3, -0.25) is 0 Å². The van der Waals surface area contributed by atoms with Gasteiger partial charge in [0.15, 0.2) is 0 Å². The van der Waals surface area contributed by atoms with Crippen molar-refractivity contribution in [2.45, 2.75) is 0 Å². The molecular weight excluding hydrogens is 444 g/mol. The maximum absolute atomic E-state index is 12.8. The molecule has 0 amide bonds. The van der Waals surface area contributed by atoms with Crippen LogP contribution < -0.4 is 29.7 Å². The third-order valence-corrected chi connectivity index (χ3v) is 36.1. The molecule has 0 saturated carbocycles. The maximum atomic E-state index is 12.8. The van der Waals surface area contributed by atoms with Gasteiger partial charge in [0.2, 0.25) is 0 Å². The van der Waals surface area contributed by atoms with Gasteiger partial charge < -0.3 is 0 Å². The number of H-pyrrole nitrogens is 2. The summed E-state index contributed by atoms with van der Waals surface area (Å²) in [6, 6.07) is 0. The number of nitrogens with one attached hydrogen (secondary N) is 2. The minimum atomic E-state index is -6.19. The van der Waals surface area contributed by atoms with E-state index in [0.717, 1.165) is 12.4 Å². The average molecular weight is 456 g/mol. The summed E-state index contributed by atoms with van der Waals surface area (Å²) in [6.45, 7) is 0. The van der Waals surface area contributed by atoms with Crippen molar-refractivity contribution in [2.24, 2.45) is 20.6 Å². The summed E-state index contributed by atoms with van der Waals surface area (Å²) < 4.78 is 49.9. The Morgan fingerprint density at radius 1 is 0.739 bits per heavy atom. The van der Waals surface area contributed by atoms with Crippen molar-refractivity contribution < 1.29 is 23.1 Å². The second-order valence-electron chi connectivity index (χ2n) is 3.25. The Morgan fingerprint density at radius 2 is 1.04 bits per heavy atom. The van der Waals surface area contributed by atoms with Crippen LogP contribution in [0.3, 0.4) is 0 Å². The third-order valence-electron chi connectivity index (χ3n) is 2.48. The molecule has 2 aromatic rings. The standard InChI is InChI=1S/2C2H2N3.Cu.4H2NOS/c2*1-2-4-5-3-1;;4*1-3-2/h2*1H,(H,3,4,5);;4*(H2,1,2)/q;;-4;4*+1. The fourth-order valence-electron chi connectivity index (χ4n) is 1.54. The first-order valence-electron chi connectivity index (χ1n) is 4.85. The van der Waals surface area contributed by atoms with Gasteiger partial charge in [-0.05, 0) is 0 Å². The van der Waals surface area contributed by atoms with Crippen LogP contribution in [0.5, 0.6) is 0 Å². The van der Waals surface area contributed by atoms with E-state index in [4.69, 9.17) is 20.6 Å². The van der Waals surface area contributed by atoms with Crippen LogP contribution in [0.2, 0.25) is 0 Å². The van der Waals surface area contributed by atoms with Gasteiger partial charge in [-0.15, -0.1) is 0 Å². The molecule has 4 atom stereocenters. The van der Waals surface area contributed by atoms with E-state index in [0.29, 0.717) is 0 Å². The average Bonchev–Trinajstić information content (AvgIpc) is 3.13. The summed E-state index contributed by atoms with van der Waals surface area (Å²) in [6.07, 6.45) is -4.39. The van der Waals surface area contributed by atoms with Gasteiger partial charge in [0.05, 0.1) is 0 Å². The van der Waals surface area contributed by atoms with Gasteiger partial charge in [0.25, 0.3) is 0 Å². The molecule has 0 radical (unpaired) electrons. The van der Waals surface area contributed by atoms with Crippen LogP contribution >= 0.6 is 0 Å². The zero-order chi connectivity index (χ0) is 17.5. The van der Waals surface area contributed by atoms with Gasteiger partial charge in [0, 0.05) is 0 Å². The Morgan fingerprint density at radius 3 is 1.22 bits per heavy atom. The zero-order valence-corrected chi connectivity index (χ0v) is 15.0. The minimum absolute atomic E-state index is 0.640. The molecule has 0 aliphatic rings. The molecule has 14 nitrogen and oxygen atoms in total. The van der Waals surface area contributed by atoms with Gasteiger partial charge in [-0.1, -0.05) is 0 Å². The molecule has 0 aliphatic heterocycles. The van der Waals surface area contributed by atoms with Crippen molar-refractivity contribution in [1.82, 2.24) is 30.8 Å². The number of nitrogens with two attached hydrogens (primary N) is 4. The summed E-state index contributed by atoms with van der Waals surface area (Å²) in [4.78, 5) is 0. The second kappa shape index (κ2) is 5.37. The van der Waals surface area contributed by atoms with E-state index in [1.165, 1.54) is 0 Å². The molecule has 19 heteroatoms. The van der Waals surface area contributed by atoms with Crippen LogP contribution in [0, 0.1) is 0 Å². The fourth-order valence-corrected chi connectivity index (χ4v) is 21.2. The topological polar surface area (TPSA) is 256 Å². The Kier molecular flexibility index (Phi) is 4.34. The van der Waals surface area contributed by atoms with Gasteiger partial charge in [-0.25, -0.2) is 0 Å². The van der Waals surface area contributed by atoms with Crippen molar-refractivity contribution in [3.8, 4) is 0 Å². The number of aromatic nitrogens is 6. The molecule has 0 aromatic carbocycles. The molecule has 0 bridgehead atoms. The summed E-state index contributed by atoms with van der Waals surface area (Å²) in [7, 11) is -12.1. The molecule has 4 unspecified atom stereocenters. The third kappa shape index (κ3) is 1.47. The molecule has 2 rings (SSSR count). The molecule has 10 N–H and O–H groups in total. The summed E-state index contributed by atoms with van der Waals surface area (Å²) in [5.74, 6) is 0. The van der Waals surface area contributed by atoms with Crippen LogP contribution in [-0.4, -0.2) is 47.7 Å². The van der Waals surface area contributed by atoms with Crippen LogP contribution in [0.4, 0.5) is 0 Å². The molecule has 0 spiro atoms. The van der Waals surface area contributed by atoms with Crippen LogP contribution in [0.15, 0.2) is 12.4 Å². The van der Waals surface area contributed by atoms with E-state index in [1.807, 2.05) is 0 Å². The van der Waals surface area contributed by atoms with Crippen molar-refractivity contribution in [1.29, 1.82) is 0 Å². The van der Waals surface area contributed by atoms with Crippen molar-refractivity contribution in [3.63, 3.8) is 0 Å². The fraction of sp³-hybridized carbons (Fsp3) is 0. The van der Waals surface area contributed by atoms with E-state index in [2.05, 4.69) is 30.8 Å². The molecule has 0 fully saturated rings. The second-order valence-corrected chi connectivity index (χ2v) is 27.2. The molecule has 2 aromatic heterocycles. The summed E-state index contributed by atoms with van der Waals surface area (Å²) in [5.41, 5.74) is 0. The number of hydrogen-bond donors (Lipinski definition) is 6. The van der Waals surface area contributed by atoms with E-state index in [-0.39, 0.29) is 0 Å². The molecule has 137 valence electrons. The Balaban J connectivity index is 3.46. The number of rotatable bonds is 6. The number of nitrogens with zero attached hydrogens (tertiary/aromatic N) is 4. The van der Waals surface area contributed by atoms with Crippen LogP contribution in [-0.2, 0) is 43.9 Å². The van der Waals surface area contributed by atoms with Gasteiger partial charge in [0.1, 0.15) is 0 Å². The van der Waals surface area contributed by atoms with Crippen molar-refractivity contribution >= 4 is 46.8 Å². The molecule has 0 saturated heterocycles. The Bertz CT molecular complexity index is 737. The number of aromatic amines is 2. The SMILES string of the molecule is N[S](=O)[Cu]([c]1c[nH]nn1)([c]1c[nH]nn1)([S](N)=O)([S](N)=O)[S](N)=O. The van der Waals surface area contributed by atoms with Crippen molar-refractivity contribution in [2.75, 3.05) is 0 Å². The van der Waals surface area contributed by atoms with Gasteiger partial charge >= 0.3 is 134 Å². The first-order valence-corrected chi connectivity index (χ1v) is 14.6. The first-order chi connectivity index (χ1) is 10.7. The van der Waals surface area contributed by atoms with Crippen molar-refractivity contribution in [3.05, 3.63) is 12.4 Å². The van der Waals surface area contributed by atoms with Crippen LogP contribution in [0.25, 0.3) is 0 Å². The first kappa shape index (κ1) is 18.6. The predicted molar refractivity (Wildman–Crippen MR) is 81.4 cm³/mol. The normalized spacial score (nSPS) is 20.9. The number of hydrogen-bond acceptors (Lipinski definition) is 8. The zero-order valence-electron chi connectivity index (χ0n) is 10.8. The Labute approximate surface area is 133 Å². The van der Waals surface area contributed by atoms with E-state index in [1.54, 1.807) is 0 Å². The quantitative estimate of drug-likeness (QED) is 0.228. The molecular formula is C4H12CuN10O4S4. The van der Waals surface area contributed by atoms with E-state index >= 15 is 0 Å². The molecule has 2 heterocycles. The molecule has 0 aliphatic carbocycles. The van der Waals surface area contributed by atoms with Crippen LogP contribution in [0.1, 0.15) is 0 Å². The van der Waals surface area contributed by atoms with Gasteiger partial charge in [-0.2, -0.15) is 0 Å². The summed E-state index contributed by atoms with van der Waals surface area (Å²) >= 11 is 0.